The molecule has 7 heteroatoms. The van der Waals surface area contributed by atoms with E-state index in [4.69, 9.17) is 4.74 Å². The Bertz CT molecular complexity index is 1650. The average molecular weight is 503 g/mol. The maximum Gasteiger partial charge on any atom is 0.337 e. The number of benzene rings is 4. The number of aromatic nitrogens is 2. The van der Waals surface area contributed by atoms with E-state index < -0.39 is 0 Å². The van der Waals surface area contributed by atoms with Crippen molar-refractivity contribution >= 4 is 39.8 Å². The molecule has 0 saturated carbocycles. The second-order valence-electron chi connectivity index (χ2n) is 8.99. The van der Waals surface area contributed by atoms with E-state index in [1.165, 1.54) is 7.11 Å². The minimum absolute atomic E-state index is 0.168. The summed E-state index contributed by atoms with van der Waals surface area (Å²) in [6.07, 6.45) is 0. The molecule has 0 atom stereocenters. The predicted molar refractivity (Wildman–Crippen MR) is 150 cm³/mol. The van der Waals surface area contributed by atoms with Crippen LogP contribution in [0.3, 0.4) is 0 Å². The second-order valence-corrected chi connectivity index (χ2v) is 8.99. The smallest absolute Gasteiger partial charge is 0.337 e. The molecule has 5 aromatic rings. The van der Waals surface area contributed by atoms with Gasteiger partial charge < -0.3 is 15.4 Å². The van der Waals surface area contributed by atoms with E-state index >= 15 is 0 Å². The Kier molecular flexibility index (Phi) is 6.82. The first-order valence-electron chi connectivity index (χ1n) is 12.1. The number of rotatable bonds is 6. The molecule has 1 heterocycles. The first-order chi connectivity index (χ1) is 18.4. The van der Waals surface area contributed by atoms with Crippen molar-refractivity contribution in [3.63, 3.8) is 0 Å². The highest BCUT2D eigenvalue weighted by Crippen LogP contribution is 2.31. The van der Waals surface area contributed by atoms with E-state index in [1.807, 2.05) is 80.6 Å². The van der Waals surface area contributed by atoms with Gasteiger partial charge in [-0.25, -0.2) is 4.79 Å². The number of anilines is 3. The summed E-state index contributed by atoms with van der Waals surface area (Å²) in [5.74, 6) is 0.0435. The normalized spacial score (nSPS) is 10.7. The minimum Gasteiger partial charge on any atom is -0.465 e. The van der Waals surface area contributed by atoms with Crippen LogP contribution in [0.25, 0.3) is 22.0 Å². The van der Waals surface area contributed by atoms with Gasteiger partial charge >= 0.3 is 5.97 Å². The zero-order valence-electron chi connectivity index (χ0n) is 21.3. The van der Waals surface area contributed by atoms with Crippen molar-refractivity contribution in [2.45, 2.75) is 13.8 Å². The molecule has 4 aromatic carbocycles. The van der Waals surface area contributed by atoms with Crippen LogP contribution >= 0.6 is 0 Å². The average Bonchev–Trinajstić information content (AvgIpc) is 2.95. The molecule has 38 heavy (non-hydrogen) atoms. The monoisotopic (exact) mass is 502 g/mol. The van der Waals surface area contributed by atoms with Gasteiger partial charge in [-0.3, -0.25) is 4.79 Å². The fraction of sp³-hybridized carbons (Fsp3) is 0.0968. The molecular weight excluding hydrogens is 476 g/mol. The van der Waals surface area contributed by atoms with E-state index in [-0.39, 0.29) is 11.9 Å². The highest BCUT2D eigenvalue weighted by Gasteiger charge is 2.13. The molecular formula is C31H26N4O3. The van der Waals surface area contributed by atoms with Gasteiger partial charge in [0.25, 0.3) is 5.91 Å². The largest absolute Gasteiger partial charge is 0.465 e. The Morgan fingerprint density at radius 1 is 0.763 bits per heavy atom. The molecule has 0 spiro atoms. The summed E-state index contributed by atoms with van der Waals surface area (Å²) in [4.78, 5) is 24.6. The van der Waals surface area contributed by atoms with Crippen LogP contribution in [0, 0.1) is 13.8 Å². The number of hydrogen-bond donors (Lipinski definition) is 2. The van der Waals surface area contributed by atoms with Gasteiger partial charge in [0.1, 0.15) is 5.69 Å². The number of amides is 1. The Balaban J connectivity index is 1.38. The van der Waals surface area contributed by atoms with Crippen LogP contribution in [0.2, 0.25) is 0 Å². The van der Waals surface area contributed by atoms with E-state index in [0.29, 0.717) is 22.6 Å². The number of carbonyl (C=O) groups excluding carboxylic acids is 2. The summed E-state index contributed by atoms with van der Waals surface area (Å²) < 4.78 is 4.78. The summed E-state index contributed by atoms with van der Waals surface area (Å²) in [5.41, 5.74) is 6.25. The Morgan fingerprint density at radius 2 is 1.45 bits per heavy atom. The molecule has 2 N–H and O–H groups in total. The first kappa shape index (κ1) is 24.6. The third kappa shape index (κ3) is 5.08. The molecule has 1 amide bonds. The fourth-order valence-electron chi connectivity index (χ4n) is 4.20. The number of aryl methyl sites for hydroxylation is 2. The van der Waals surface area contributed by atoms with E-state index in [0.717, 1.165) is 38.8 Å². The van der Waals surface area contributed by atoms with Crippen LogP contribution in [-0.2, 0) is 4.74 Å². The van der Waals surface area contributed by atoms with Crippen molar-refractivity contribution in [3.05, 3.63) is 113 Å². The van der Waals surface area contributed by atoms with Crippen LogP contribution in [0.15, 0.2) is 91.0 Å². The third-order valence-electron chi connectivity index (χ3n) is 6.32. The van der Waals surface area contributed by atoms with Crippen LogP contribution in [0.4, 0.5) is 17.2 Å². The van der Waals surface area contributed by atoms with Gasteiger partial charge in [-0.15, -0.1) is 10.2 Å². The van der Waals surface area contributed by atoms with Gasteiger partial charge in [-0.2, -0.15) is 0 Å². The topological polar surface area (TPSA) is 93.2 Å². The van der Waals surface area contributed by atoms with Crippen LogP contribution < -0.4 is 10.6 Å². The maximum absolute atomic E-state index is 12.8. The number of hydrogen-bond acceptors (Lipinski definition) is 6. The minimum atomic E-state index is -0.388. The summed E-state index contributed by atoms with van der Waals surface area (Å²) in [7, 11) is 1.36. The lowest BCUT2D eigenvalue weighted by atomic mass is 10.0. The lowest BCUT2D eigenvalue weighted by molar-refractivity contribution is 0.0600. The van der Waals surface area contributed by atoms with Gasteiger partial charge in [0.05, 0.1) is 12.7 Å². The van der Waals surface area contributed by atoms with Gasteiger partial charge in [0.2, 0.25) is 0 Å². The first-order valence-corrected chi connectivity index (χ1v) is 12.1. The molecule has 188 valence electrons. The maximum atomic E-state index is 12.8. The highest BCUT2D eigenvalue weighted by atomic mass is 16.5. The summed E-state index contributed by atoms with van der Waals surface area (Å²) in [6.45, 7) is 3.96. The van der Waals surface area contributed by atoms with Crippen molar-refractivity contribution in [2.24, 2.45) is 0 Å². The zero-order chi connectivity index (χ0) is 26.6. The lowest BCUT2D eigenvalue weighted by Gasteiger charge is -2.12. The second kappa shape index (κ2) is 10.5. The van der Waals surface area contributed by atoms with Gasteiger partial charge in [0, 0.05) is 33.3 Å². The van der Waals surface area contributed by atoms with E-state index in [1.54, 1.807) is 24.3 Å². The molecule has 0 fully saturated rings. The molecule has 0 unspecified atom stereocenters. The van der Waals surface area contributed by atoms with Crippen molar-refractivity contribution in [1.82, 2.24) is 10.2 Å². The van der Waals surface area contributed by atoms with Gasteiger partial charge in [0.15, 0.2) is 5.82 Å². The number of nitrogens with one attached hydrogen (secondary N) is 2. The highest BCUT2D eigenvalue weighted by molar-refractivity contribution is 6.05. The third-order valence-corrected chi connectivity index (χ3v) is 6.32. The number of carbonyl (C=O) groups is 2. The van der Waals surface area contributed by atoms with E-state index in [9.17, 15) is 9.59 Å². The quantitative estimate of drug-likeness (QED) is 0.251. The van der Waals surface area contributed by atoms with Crippen LogP contribution in [-0.4, -0.2) is 29.2 Å². The Hall–Kier alpha value is -5.04. The molecule has 5 rings (SSSR count). The SMILES string of the molecule is COC(=O)c1ccc(-c2nnc(Nc3ccc(C(=O)Nc4cc(C)ccc4C)cc3)c3ccccc23)cc1. The van der Waals surface area contributed by atoms with Crippen molar-refractivity contribution < 1.29 is 14.3 Å². The van der Waals surface area contributed by atoms with E-state index in [2.05, 4.69) is 20.8 Å². The number of ether oxygens (including phenoxy) is 1. The van der Waals surface area contributed by atoms with Crippen LogP contribution in [0.5, 0.6) is 0 Å². The summed E-state index contributed by atoms with van der Waals surface area (Å²) in [6, 6.07) is 28.1. The molecule has 0 aliphatic heterocycles. The molecule has 7 nitrogen and oxygen atoms in total. The number of nitrogens with zero attached hydrogens (tertiary/aromatic N) is 2. The zero-order valence-corrected chi connectivity index (χ0v) is 21.3. The molecule has 0 radical (unpaired) electrons. The van der Waals surface area contributed by atoms with Gasteiger partial charge in [-0.05, 0) is 67.4 Å². The standard InChI is InChI=1S/C31H26N4O3/c1-19-8-9-20(2)27(18-19)33-30(36)22-14-16-24(17-15-22)32-29-26-7-5-4-6-25(26)28(34-35-29)21-10-12-23(13-11-21)31(37)38-3/h4-18H,1-3H3,(H,32,35)(H,33,36). The van der Waals surface area contributed by atoms with Crippen molar-refractivity contribution in [1.29, 1.82) is 0 Å². The van der Waals surface area contributed by atoms with Crippen molar-refractivity contribution in [3.8, 4) is 11.3 Å². The summed E-state index contributed by atoms with van der Waals surface area (Å²) >= 11 is 0. The fourth-order valence-corrected chi connectivity index (χ4v) is 4.20. The van der Waals surface area contributed by atoms with Crippen molar-refractivity contribution in [2.75, 3.05) is 17.7 Å². The number of esters is 1. The predicted octanol–water partition coefficient (Wildman–Crippen LogP) is 6.70. The Labute approximate surface area is 220 Å². The molecule has 0 aliphatic rings. The molecule has 0 aliphatic carbocycles. The Morgan fingerprint density at radius 3 is 2.16 bits per heavy atom. The molecule has 0 saturated heterocycles. The summed E-state index contributed by atoms with van der Waals surface area (Å²) in [5, 5.41) is 17.1. The molecule has 0 bridgehead atoms. The van der Waals surface area contributed by atoms with Gasteiger partial charge in [-0.1, -0.05) is 48.5 Å². The van der Waals surface area contributed by atoms with Crippen LogP contribution in [0.1, 0.15) is 31.8 Å². The number of methoxy groups -OCH3 is 1. The molecule has 1 aromatic heterocycles. The number of fused-ring (bicyclic) bond motifs is 1. The lowest BCUT2D eigenvalue weighted by Crippen LogP contribution is -2.12.